The maximum Gasteiger partial charge on any atom is 0.172 e. The van der Waals surface area contributed by atoms with E-state index in [1.807, 2.05) is 60.7 Å². The Balaban J connectivity index is 1.40. The van der Waals surface area contributed by atoms with Gasteiger partial charge in [-0.2, -0.15) is 0 Å². The molecule has 7 aromatic carbocycles. The van der Waals surface area contributed by atoms with Crippen LogP contribution in [0.3, 0.4) is 0 Å². The Hall–Kier alpha value is -5.08. The molecule has 1 atom stereocenters. The molecular formula is C43H28NOPS. The van der Waals surface area contributed by atoms with E-state index in [1.54, 1.807) is 11.8 Å². The molecule has 0 aliphatic carbocycles. The van der Waals surface area contributed by atoms with Gasteiger partial charge in [-0.1, -0.05) is 157 Å². The number of aromatic nitrogens is 1. The van der Waals surface area contributed by atoms with Gasteiger partial charge < -0.3 is 9.13 Å². The van der Waals surface area contributed by atoms with Gasteiger partial charge in [0.25, 0.3) is 0 Å². The Morgan fingerprint density at radius 3 is 1.85 bits per heavy atom. The van der Waals surface area contributed by atoms with Gasteiger partial charge in [0.2, 0.25) is 0 Å². The second kappa shape index (κ2) is 9.96. The molecule has 8 aromatic rings. The van der Waals surface area contributed by atoms with Gasteiger partial charge in [0, 0.05) is 36.5 Å². The van der Waals surface area contributed by atoms with Crippen molar-refractivity contribution < 1.29 is 4.57 Å². The Labute approximate surface area is 277 Å². The number of hydrogen-bond acceptors (Lipinski definition) is 2. The maximum absolute atomic E-state index is 16.0. The first-order valence-corrected chi connectivity index (χ1v) is 18.5. The van der Waals surface area contributed by atoms with Crippen LogP contribution in [0.15, 0.2) is 180 Å². The summed E-state index contributed by atoms with van der Waals surface area (Å²) < 4.78 is 18.5. The predicted molar refractivity (Wildman–Crippen MR) is 196 cm³/mol. The van der Waals surface area contributed by atoms with Crippen LogP contribution < -0.4 is 15.9 Å². The van der Waals surface area contributed by atoms with Crippen molar-refractivity contribution >= 4 is 56.6 Å². The molecule has 0 fully saturated rings. The largest absolute Gasteiger partial charge is 0.309 e. The quantitative estimate of drug-likeness (QED) is 0.180. The number of fused-ring (bicyclic) bond motifs is 11. The van der Waals surface area contributed by atoms with Crippen molar-refractivity contribution in [1.29, 1.82) is 0 Å². The Kier molecular flexibility index (Phi) is 5.74. The van der Waals surface area contributed by atoms with Crippen molar-refractivity contribution in [3.05, 3.63) is 192 Å². The molecule has 2 aliphatic heterocycles. The molecule has 222 valence electrons. The zero-order valence-electron chi connectivity index (χ0n) is 25.4. The monoisotopic (exact) mass is 637 g/mol. The van der Waals surface area contributed by atoms with E-state index < -0.39 is 12.6 Å². The van der Waals surface area contributed by atoms with Gasteiger partial charge in [-0.25, -0.2) is 0 Å². The van der Waals surface area contributed by atoms with Crippen molar-refractivity contribution in [2.75, 3.05) is 0 Å². The van der Waals surface area contributed by atoms with Crippen molar-refractivity contribution in [2.45, 2.75) is 15.2 Å². The first-order chi connectivity index (χ1) is 23.2. The van der Waals surface area contributed by atoms with Gasteiger partial charge in [-0.15, -0.1) is 0 Å². The standard InChI is InChI=1S/C43H28NOPS/c45-46(29-15-3-1-4-16-29,30-17-5-2-6-18-30)39-27-14-24-36-42(39)47-40-28-12-9-22-34(40)43(36)33-21-8-11-26-38(33)44-37-25-10-7-19-31(37)32-20-13-23-35(43)41(32)44/h1-28H. The molecular weight excluding hydrogens is 610 g/mol. The third-order valence-electron chi connectivity index (χ3n) is 10.1. The Bertz CT molecular complexity index is 2550. The van der Waals surface area contributed by atoms with Crippen molar-refractivity contribution in [3.8, 4) is 5.69 Å². The minimum absolute atomic E-state index is 0.619. The number of hydrogen-bond donors (Lipinski definition) is 0. The molecule has 0 N–H and O–H groups in total. The topological polar surface area (TPSA) is 22.0 Å². The minimum Gasteiger partial charge on any atom is -0.309 e. The van der Waals surface area contributed by atoms with Crippen molar-refractivity contribution in [3.63, 3.8) is 0 Å². The third kappa shape index (κ3) is 3.46. The summed E-state index contributed by atoms with van der Waals surface area (Å²) in [4.78, 5) is 2.27. The Morgan fingerprint density at radius 2 is 1.06 bits per heavy atom. The summed E-state index contributed by atoms with van der Waals surface area (Å²) in [5.41, 5.74) is 7.95. The van der Waals surface area contributed by atoms with E-state index in [-0.39, 0.29) is 0 Å². The third-order valence-corrected chi connectivity index (χ3v) is 14.6. The average Bonchev–Trinajstić information content (AvgIpc) is 3.49. The first kappa shape index (κ1) is 27.1. The summed E-state index contributed by atoms with van der Waals surface area (Å²) >= 11 is 1.76. The molecule has 0 bridgehead atoms. The molecule has 47 heavy (non-hydrogen) atoms. The Morgan fingerprint density at radius 1 is 0.489 bits per heavy atom. The van der Waals surface area contributed by atoms with E-state index in [9.17, 15) is 0 Å². The molecule has 1 spiro atoms. The second-order valence-electron chi connectivity index (χ2n) is 12.4. The van der Waals surface area contributed by atoms with E-state index in [0.717, 1.165) is 20.8 Å². The highest BCUT2D eigenvalue weighted by molar-refractivity contribution is 8.00. The summed E-state index contributed by atoms with van der Waals surface area (Å²) in [6.45, 7) is 0. The fourth-order valence-corrected chi connectivity index (χ4v) is 12.7. The van der Waals surface area contributed by atoms with E-state index >= 15 is 4.57 Å². The lowest BCUT2D eigenvalue weighted by Crippen LogP contribution is -2.39. The van der Waals surface area contributed by atoms with Crippen LogP contribution in [0, 0.1) is 0 Å². The van der Waals surface area contributed by atoms with Gasteiger partial charge in [0.1, 0.15) is 0 Å². The van der Waals surface area contributed by atoms with Gasteiger partial charge >= 0.3 is 0 Å². The van der Waals surface area contributed by atoms with Gasteiger partial charge in [0.05, 0.1) is 22.1 Å². The summed E-state index contributed by atoms with van der Waals surface area (Å²) in [6.07, 6.45) is 0. The summed E-state index contributed by atoms with van der Waals surface area (Å²) in [5.74, 6) is 0. The van der Waals surface area contributed by atoms with Crippen LogP contribution >= 0.6 is 18.9 Å². The van der Waals surface area contributed by atoms with E-state index in [2.05, 4.69) is 114 Å². The molecule has 4 heteroatoms. The normalized spacial score (nSPS) is 16.2. The van der Waals surface area contributed by atoms with Crippen LogP contribution in [0.2, 0.25) is 0 Å². The molecule has 1 aromatic heterocycles. The summed E-state index contributed by atoms with van der Waals surface area (Å²) in [7, 11) is -3.27. The average molecular weight is 638 g/mol. The molecule has 0 saturated heterocycles. The molecule has 0 saturated carbocycles. The van der Waals surface area contributed by atoms with E-state index in [0.29, 0.717) is 0 Å². The zero-order chi connectivity index (χ0) is 31.2. The van der Waals surface area contributed by atoms with E-state index in [1.165, 1.54) is 54.6 Å². The number of nitrogens with zero attached hydrogens (tertiary/aromatic N) is 1. The van der Waals surface area contributed by atoms with Gasteiger partial charge in [-0.05, 0) is 46.5 Å². The molecule has 2 aliphatic rings. The van der Waals surface area contributed by atoms with E-state index in [4.69, 9.17) is 0 Å². The molecule has 10 rings (SSSR count). The lowest BCUT2D eigenvalue weighted by Gasteiger charge is -2.46. The van der Waals surface area contributed by atoms with Crippen LogP contribution in [-0.4, -0.2) is 4.57 Å². The summed E-state index contributed by atoms with van der Waals surface area (Å²) in [5, 5.41) is 5.08. The van der Waals surface area contributed by atoms with Gasteiger partial charge in [-0.3, -0.25) is 0 Å². The second-order valence-corrected chi connectivity index (χ2v) is 16.1. The molecule has 2 nitrogen and oxygen atoms in total. The molecule has 0 radical (unpaired) electrons. The highest BCUT2D eigenvalue weighted by Gasteiger charge is 2.50. The zero-order valence-corrected chi connectivity index (χ0v) is 27.1. The number of rotatable bonds is 3. The highest BCUT2D eigenvalue weighted by atomic mass is 32.2. The minimum atomic E-state index is -3.27. The number of benzene rings is 7. The molecule has 0 amide bonds. The van der Waals surface area contributed by atoms with Crippen molar-refractivity contribution in [2.24, 2.45) is 0 Å². The van der Waals surface area contributed by atoms with Crippen LogP contribution in [0.25, 0.3) is 27.5 Å². The van der Waals surface area contributed by atoms with Crippen molar-refractivity contribution in [1.82, 2.24) is 4.57 Å². The van der Waals surface area contributed by atoms with Crippen LogP contribution in [-0.2, 0) is 9.98 Å². The smallest absolute Gasteiger partial charge is 0.172 e. The lowest BCUT2D eigenvalue weighted by atomic mass is 9.63. The predicted octanol–water partition coefficient (Wildman–Crippen LogP) is 9.58. The lowest BCUT2D eigenvalue weighted by molar-refractivity contribution is 0.592. The first-order valence-electron chi connectivity index (χ1n) is 16.0. The number of para-hydroxylation sites is 3. The maximum atomic E-state index is 16.0. The van der Waals surface area contributed by atoms with Crippen LogP contribution in [0.4, 0.5) is 0 Å². The fraction of sp³-hybridized carbons (Fsp3) is 0.0233. The summed E-state index contributed by atoms with van der Waals surface area (Å²) in [6, 6.07) is 59.9. The van der Waals surface area contributed by atoms with Crippen LogP contribution in [0.1, 0.15) is 22.3 Å². The fourth-order valence-electron chi connectivity index (χ4n) is 8.28. The molecule has 1 unspecified atom stereocenters. The van der Waals surface area contributed by atoms with Gasteiger partial charge in [0.15, 0.2) is 7.14 Å². The molecule has 3 heterocycles. The van der Waals surface area contributed by atoms with Crippen LogP contribution in [0.5, 0.6) is 0 Å². The highest BCUT2D eigenvalue weighted by Crippen LogP contribution is 2.61. The SMILES string of the molecule is O=P(c1ccccc1)(c1ccccc1)c1cccc2c1Sc1ccccc1C21c2ccccc2-n2c3ccccc3c3cccc1c32.